The minimum absolute atomic E-state index is 0.117. The summed E-state index contributed by atoms with van der Waals surface area (Å²) in [6.07, 6.45) is 5.17. The summed E-state index contributed by atoms with van der Waals surface area (Å²) in [5, 5.41) is 10.4. The molecule has 3 aliphatic rings. The van der Waals surface area contributed by atoms with Crippen molar-refractivity contribution in [3.63, 3.8) is 0 Å². The molecule has 11 heteroatoms. The summed E-state index contributed by atoms with van der Waals surface area (Å²) in [4.78, 5) is 26.7. The minimum atomic E-state index is -1.29. The number of fused-ring (bicyclic) bond motifs is 2. The standard InChI is InChI=1S/C29H31FN8O2/c1-29(30)16-38(17-29)27(39)24-11-19-7-9-37(14-25(19)36(24)2)28-34-23-8-10-40-15-22(23)26(35-28)33-21-5-3-18(4-6-21)20-12-31-32-13-20/h3-6,11-13H,7-10,14-17H2,1-2H3,(H,31,32)(H,33,34,35). The van der Waals surface area contributed by atoms with Crippen molar-refractivity contribution >= 4 is 23.4 Å². The molecule has 10 nitrogen and oxygen atoms in total. The zero-order valence-electron chi connectivity index (χ0n) is 22.6. The fourth-order valence-corrected chi connectivity index (χ4v) is 5.83. The molecule has 40 heavy (non-hydrogen) atoms. The monoisotopic (exact) mass is 542 g/mol. The second-order valence-corrected chi connectivity index (χ2v) is 11.1. The summed E-state index contributed by atoms with van der Waals surface area (Å²) in [5.74, 6) is 1.29. The Balaban J connectivity index is 1.15. The number of hydrogen-bond donors (Lipinski definition) is 2. The van der Waals surface area contributed by atoms with Crippen LogP contribution in [0.3, 0.4) is 0 Å². The fourth-order valence-electron chi connectivity index (χ4n) is 5.83. The van der Waals surface area contributed by atoms with E-state index in [0.29, 0.717) is 31.4 Å². The summed E-state index contributed by atoms with van der Waals surface area (Å²) in [6.45, 7) is 4.25. The minimum Gasteiger partial charge on any atom is -0.376 e. The van der Waals surface area contributed by atoms with Crippen LogP contribution in [0.2, 0.25) is 0 Å². The van der Waals surface area contributed by atoms with Gasteiger partial charge in [0.05, 0.1) is 44.7 Å². The molecule has 0 unspecified atom stereocenters. The Labute approximate surface area is 231 Å². The lowest BCUT2D eigenvalue weighted by Crippen LogP contribution is -2.59. The van der Waals surface area contributed by atoms with Crippen molar-refractivity contribution in [3.8, 4) is 11.1 Å². The van der Waals surface area contributed by atoms with Crippen LogP contribution < -0.4 is 10.2 Å². The van der Waals surface area contributed by atoms with E-state index in [9.17, 15) is 9.18 Å². The molecule has 0 aliphatic carbocycles. The molecule has 7 rings (SSSR count). The number of amides is 1. The van der Waals surface area contributed by atoms with Gasteiger partial charge in [0.15, 0.2) is 0 Å². The molecule has 0 radical (unpaired) electrons. The first kappa shape index (κ1) is 24.8. The number of carbonyl (C=O) groups is 1. The Bertz CT molecular complexity index is 1570. The molecule has 6 heterocycles. The number of nitrogens with one attached hydrogen (secondary N) is 2. The van der Waals surface area contributed by atoms with E-state index in [1.54, 1.807) is 11.1 Å². The number of alkyl halides is 1. The highest BCUT2D eigenvalue weighted by Gasteiger charge is 2.42. The first-order valence-corrected chi connectivity index (χ1v) is 13.6. The van der Waals surface area contributed by atoms with Gasteiger partial charge in [-0.2, -0.15) is 10.1 Å². The highest BCUT2D eigenvalue weighted by Crippen LogP contribution is 2.32. The molecule has 206 valence electrons. The van der Waals surface area contributed by atoms with Gasteiger partial charge in [0.1, 0.15) is 17.2 Å². The number of aromatic amines is 1. The molecule has 3 aliphatic heterocycles. The summed E-state index contributed by atoms with van der Waals surface area (Å²) in [6, 6.07) is 10.1. The first-order valence-electron chi connectivity index (χ1n) is 13.6. The Hall–Kier alpha value is -4.25. The maximum atomic E-state index is 14.0. The Morgan fingerprint density at radius 1 is 1.15 bits per heavy atom. The Kier molecular flexibility index (Phi) is 5.85. The smallest absolute Gasteiger partial charge is 0.270 e. The van der Waals surface area contributed by atoms with Crippen LogP contribution in [-0.2, 0) is 37.8 Å². The van der Waals surface area contributed by atoms with Crippen LogP contribution in [-0.4, -0.2) is 67.4 Å². The average Bonchev–Trinajstić information content (AvgIpc) is 3.60. The van der Waals surface area contributed by atoms with E-state index in [2.05, 4.69) is 20.4 Å². The highest BCUT2D eigenvalue weighted by atomic mass is 19.1. The third kappa shape index (κ3) is 4.40. The van der Waals surface area contributed by atoms with E-state index in [4.69, 9.17) is 14.7 Å². The number of rotatable bonds is 5. The Morgan fingerprint density at radius 2 is 1.98 bits per heavy atom. The van der Waals surface area contributed by atoms with E-state index in [1.807, 2.05) is 48.1 Å². The number of aromatic nitrogens is 5. The van der Waals surface area contributed by atoms with Crippen LogP contribution in [0.15, 0.2) is 42.7 Å². The third-order valence-electron chi connectivity index (χ3n) is 8.06. The molecule has 0 atom stereocenters. The van der Waals surface area contributed by atoms with E-state index in [-0.39, 0.29) is 19.0 Å². The predicted molar refractivity (Wildman–Crippen MR) is 148 cm³/mol. The second-order valence-electron chi connectivity index (χ2n) is 11.1. The van der Waals surface area contributed by atoms with E-state index >= 15 is 0 Å². The fraction of sp³-hybridized carbons (Fsp3) is 0.379. The lowest BCUT2D eigenvalue weighted by atomic mass is 9.98. The second kappa shape index (κ2) is 9.44. The van der Waals surface area contributed by atoms with Crippen molar-refractivity contribution in [1.82, 2.24) is 29.6 Å². The summed E-state index contributed by atoms with van der Waals surface area (Å²) >= 11 is 0. The number of hydrogen-bond acceptors (Lipinski definition) is 7. The number of H-pyrrole nitrogens is 1. The van der Waals surface area contributed by atoms with Crippen molar-refractivity contribution in [2.75, 3.05) is 36.5 Å². The number of likely N-dealkylation sites (tertiary alicyclic amines) is 1. The van der Waals surface area contributed by atoms with Gasteiger partial charge in [0, 0.05) is 48.7 Å². The zero-order valence-corrected chi connectivity index (χ0v) is 22.6. The van der Waals surface area contributed by atoms with E-state index in [1.165, 1.54) is 6.92 Å². The van der Waals surface area contributed by atoms with Crippen LogP contribution in [0.5, 0.6) is 0 Å². The predicted octanol–water partition coefficient (Wildman–Crippen LogP) is 3.77. The van der Waals surface area contributed by atoms with Crippen molar-refractivity contribution in [1.29, 1.82) is 0 Å². The Morgan fingerprint density at radius 3 is 2.73 bits per heavy atom. The normalized spacial score (nSPS) is 17.7. The van der Waals surface area contributed by atoms with Crippen molar-refractivity contribution < 1.29 is 13.9 Å². The van der Waals surface area contributed by atoms with Gasteiger partial charge in [0.2, 0.25) is 5.95 Å². The SMILES string of the molecule is Cn1c(C(=O)N2CC(C)(F)C2)cc2c1CN(c1nc3c(c(Nc4ccc(-c5cn[nH]c5)cc4)n1)COCC3)CC2. The molecular weight excluding hydrogens is 511 g/mol. The summed E-state index contributed by atoms with van der Waals surface area (Å²) in [5.41, 5.74) is 6.52. The van der Waals surface area contributed by atoms with Gasteiger partial charge in [-0.15, -0.1) is 0 Å². The number of ether oxygens (including phenoxy) is 1. The van der Waals surface area contributed by atoms with Gasteiger partial charge in [-0.1, -0.05) is 12.1 Å². The number of halogens is 1. The maximum absolute atomic E-state index is 14.0. The molecule has 0 bridgehead atoms. The molecule has 2 N–H and O–H groups in total. The number of nitrogens with zero attached hydrogens (tertiary/aromatic N) is 6. The van der Waals surface area contributed by atoms with Gasteiger partial charge in [-0.25, -0.2) is 9.37 Å². The first-order chi connectivity index (χ1) is 19.3. The molecule has 1 saturated heterocycles. The zero-order chi connectivity index (χ0) is 27.4. The maximum Gasteiger partial charge on any atom is 0.270 e. The van der Waals surface area contributed by atoms with Gasteiger partial charge in [-0.05, 0) is 42.7 Å². The number of carbonyl (C=O) groups excluding carboxylic acids is 1. The third-order valence-corrected chi connectivity index (χ3v) is 8.06. The largest absolute Gasteiger partial charge is 0.376 e. The van der Waals surface area contributed by atoms with Gasteiger partial charge >= 0.3 is 0 Å². The average molecular weight is 543 g/mol. The van der Waals surface area contributed by atoms with Crippen LogP contribution in [0.1, 0.15) is 39.9 Å². The van der Waals surface area contributed by atoms with E-state index in [0.717, 1.165) is 64.5 Å². The van der Waals surface area contributed by atoms with E-state index < -0.39 is 5.67 Å². The van der Waals surface area contributed by atoms with Crippen LogP contribution >= 0.6 is 0 Å². The van der Waals surface area contributed by atoms with Gasteiger partial charge < -0.3 is 24.4 Å². The molecule has 0 saturated carbocycles. The summed E-state index contributed by atoms with van der Waals surface area (Å²) < 4.78 is 21.7. The number of benzene rings is 1. The summed E-state index contributed by atoms with van der Waals surface area (Å²) in [7, 11) is 1.91. The van der Waals surface area contributed by atoms with Crippen molar-refractivity contribution in [2.24, 2.45) is 7.05 Å². The lowest BCUT2D eigenvalue weighted by Gasteiger charge is -2.42. The van der Waals surface area contributed by atoms with Crippen LogP contribution in [0.4, 0.5) is 21.8 Å². The number of anilines is 3. The molecule has 1 fully saturated rings. The van der Waals surface area contributed by atoms with Crippen LogP contribution in [0.25, 0.3) is 11.1 Å². The molecule has 3 aromatic heterocycles. The van der Waals surface area contributed by atoms with Crippen molar-refractivity contribution in [3.05, 3.63) is 70.9 Å². The molecule has 0 spiro atoms. The van der Waals surface area contributed by atoms with Crippen molar-refractivity contribution in [2.45, 2.75) is 38.6 Å². The van der Waals surface area contributed by atoms with Crippen LogP contribution in [0, 0.1) is 0 Å². The van der Waals surface area contributed by atoms with Gasteiger partial charge in [-0.3, -0.25) is 9.89 Å². The van der Waals surface area contributed by atoms with Gasteiger partial charge in [0.25, 0.3) is 5.91 Å². The quantitative estimate of drug-likeness (QED) is 0.396. The lowest BCUT2D eigenvalue weighted by molar-refractivity contribution is -0.00847. The molecular formula is C29H31FN8O2. The topological polar surface area (TPSA) is 104 Å². The molecule has 1 amide bonds. The molecule has 1 aromatic carbocycles. The highest BCUT2D eigenvalue weighted by molar-refractivity contribution is 5.94. The molecule has 4 aromatic rings.